The van der Waals surface area contributed by atoms with Crippen molar-refractivity contribution in [1.29, 1.82) is 0 Å². The van der Waals surface area contributed by atoms with E-state index in [-0.39, 0.29) is 5.97 Å². The molecule has 1 heterocycles. The summed E-state index contributed by atoms with van der Waals surface area (Å²) in [7, 11) is 1.38. The van der Waals surface area contributed by atoms with Gasteiger partial charge in [-0.15, -0.1) is 0 Å². The maximum atomic E-state index is 9.96. The molecule has 0 bridgehead atoms. The minimum absolute atomic E-state index is 0.157. The largest absolute Gasteiger partial charge is 0.469 e. The lowest BCUT2D eigenvalue weighted by atomic mass is 10.1. The lowest BCUT2D eigenvalue weighted by molar-refractivity contribution is -0.140. The fourth-order valence-electron chi connectivity index (χ4n) is 1.66. The highest BCUT2D eigenvalue weighted by atomic mass is 35.5. The van der Waals surface area contributed by atoms with Crippen LogP contribution >= 0.6 is 23.2 Å². The molecule has 0 unspecified atom stereocenters. The van der Waals surface area contributed by atoms with Crippen molar-refractivity contribution in [1.82, 2.24) is 4.98 Å². The molecule has 2 aromatic rings. The third kappa shape index (κ3) is 7.43. The summed E-state index contributed by atoms with van der Waals surface area (Å²) in [5.74, 6) is -0.157. The Bertz CT molecular complexity index is 579. The van der Waals surface area contributed by atoms with Crippen LogP contribution in [0.25, 0.3) is 0 Å². The van der Waals surface area contributed by atoms with E-state index in [2.05, 4.69) is 15.8 Å². The molecule has 1 aromatic heterocycles. The monoisotopic (exact) mass is 339 g/mol. The van der Waals surface area contributed by atoms with E-state index in [9.17, 15) is 4.79 Å². The van der Waals surface area contributed by atoms with E-state index in [0.717, 1.165) is 23.6 Å². The van der Waals surface area contributed by atoms with E-state index in [0.29, 0.717) is 11.4 Å². The zero-order valence-corrected chi connectivity index (χ0v) is 14.2. The normalized spacial score (nSPS) is 9.64. The first-order chi connectivity index (χ1) is 10.5. The van der Waals surface area contributed by atoms with Crippen LogP contribution in [-0.4, -0.2) is 18.1 Å². The van der Waals surface area contributed by atoms with Crippen molar-refractivity contribution in [2.45, 2.75) is 26.2 Å². The third-order valence-electron chi connectivity index (χ3n) is 2.86. The highest BCUT2D eigenvalue weighted by molar-refractivity contribution is 6.30. The summed E-state index contributed by atoms with van der Waals surface area (Å²) in [4.78, 5) is 14.2. The summed E-state index contributed by atoms with van der Waals surface area (Å²) < 4.78 is 4.26. The number of esters is 1. The molecule has 3 nitrogen and oxygen atoms in total. The summed E-state index contributed by atoms with van der Waals surface area (Å²) in [6.45, 7) is 1.76. The number of carbonyl (C=O) groups excluding carboxylic acids is 1. The van der Waals surface area contributed by atoms with Crippen LogP contribution in [0.3, 0.4) is 0 Å². The number of halogens is 2. The second kappa shape index (κ2) is 10.2. The molecule has 0 aliphatic carbocycles. The summed E-state index contributed by atoms with van der Waals surface area (Å²) in [6.07, 6.45) is 3.98. The van der Waals surface area contributed by atoms with Gasteiger partial charge < -0.3 is 4.74 Å². The van der Waals surface area contributed by atoms with Gasteiger partial charge in [0.2, 0.25) is 0 Å². The van der Waals surface area contributed by atoms with Gasteiger partial charge in [-0.05, 0) is 42.7 Å². The predicted octanol–water partition coefficient (Wildman–Crippen LogP) is 4.74. The quantitative estimate of drug-likeness (QED) is 0.755. The highest BCUT2D eigenvalue weighted by Crippen LogP contribution is 2.13. The van der Waals surface area contributed by atoms with Gasteiger partial charge in [0.15, 0.2) is 0 Å². The SMILES string of the molecule is CCC(=O)OC.Clc1ccc(CCc2cccc(Cl)c2)nc1. The van der Waals surface area contributed by atoms with Crippen molar-refractivity contribution in [2.24, 2.45) is 0 Å². The van der Waals surface area contributed by atoms with E-state index in [1.54, 1.807) is 13.1 Å². The van der Waals surface area contributed by atoms with Crippen molar-refractivity contribution >= 4 is 29.2 Å². The van der Waals surface area contributed by atoms with Crippen LogP contribution in [0.4, 0.5) is 0 Å². The van der Waals surface area contributed by atoms with E-state index in [1.165, 1.54) is 12.7 Å². The first-order valence-electron chi connectivity index (χ1n) is 6.96. The number of hydrogen-bond donors (Lipinski definition) is 0. The fourth-order valence-corrected chi connectivity index (χ4v) is 1.99. The van der Waals surface area contributed by atoms with Gasteiger partial charge in [0.25, 0.3) is 0 Å². The zero-order chi connectivity index (χ0) is 16.4. The summed E-state index contributed by atoms with van der Waals surface area (Å²) >= 11 is 11.7. The van der Waals surface area contributed by atoms with Crippen LogP contribution in [0.5, 0.6) is 0 Å². The molecule has 2 rings (SSSR count). The molecule has 0 saturated heterocycles. The molecule has 0 radical (unpaired) electrons. The van der Waals surface area contributed by atoms with Gasteiger partial charge in [-0.1, -0.05) is 42.3 Å². The average Bonchev–Trinajstić information content (AvgIpc) is 2.54. The molecule has 0 spiro atoms. The van der Waals surface area contributed by atoms with Gasteiger partial charge >= 0.3 is 5.97 Å². The fraction of sp³-hybridized carbons (Fsp3) is 0.294. The number of ether oxygens (including phenoxy) is 1. The number of rotatable bonds is 4. The van der Waals surface area contributed by atoms with Gasteiger partial charge in [0.05, 0.1) is 12.1 Å². The Labute approximate surface area is 141 Å². The second-order valence-electron chi connectivity index (χ2n) is 4.53. The molecule has 0 aliphatic rings. The van der Waals surface area contributed by atoms with Crippen LogP contribution in [0.2, 0.25) is 10.0 Å². The van der Waals surface area contributed by atoms with Crippen LogP contribution in [0.1, 0.15) is 24.6 Å². The average molecular weight is 340 g/mol. The Hall–Kier alpha value is -1.58. The summed E-state index contributed by atoms with van der Waals surface area (Å²) in [5.41, 5.74) is 2.27. The molecule has 0 amide bonds. The molecular formula is C17H19Cl2NO2. The number of carbonyl (C=O) groups is 1. The van der Waals surface area contributed by atoms with E-state index >= 15 is 0 Å². The van der Waals surface area contributed by atoms with Gasteiger partial charge in [-0.2, -0.15) is 0 Å². The molecule has 0 fully saturated rings. The molecule has 1 aromatic carbocycles. The second-order valence-corrected chi connectivity index (χ2v) is 5.40. The van der Waals surface area contributed by atoms with Gasteiger partial charge in [0, 0.05) is 23.3 Å². The zero-order valence-electron chi connectivity index (χ0n) is 12.7. The Kier molecular flexibility index (Phi) is 8.56. The molecule has 22 heavy (non-hydrogen) atoms. The molecule has 0 atom stereocenters. The van der Waals surface area contributed by atoms with Crippen molar-refractivity contribution in [2.75, 3.05) is 7.11 Å². The van der Waals surface area contributed by atoms with Gasteiger partial charge in [0.1, 0.15) is 0 Å². The Morgan fingerprint density at radius 3 is 2.41 bits per heavy atom. The molecule has 118 valence electrons. The van der Waals surface area contributed by atoms with Crippen LogP contribution in [0, 0.1) is 0 Å². The number of hydrogen-bond acceptors (Lipinski definition) is 3. The number of aryl methyl sites for hydroxylation is 2. The Morgan fingerprint density at radius 1 is 1.14 bits per heavy atom. The number of nitrogens with zero attached hydrogens (tertiary/aromatic N) is 1. The maximum absolute atomic E-state index is 9.96. The molecule has 0 saturated carbocycles. The molecule has 5 heteroatoms. The van der Waals surface area contributed by atoms with Crippen molar-refractivity contribution in [3.8, 4) is 0 Å². The lowest BCUT2D eigenvalue weighted by Gasteiger charge is -2.02. The van der Waals surface area contributed by atoms with E-state index in [1.807, 2.05) is 30.3 Å². The van der Waals surface area contributed by atoms with Crippen molar-refractivity contribution in [3.05, 3.63) is 63.9 Å². The molecule has 0 aliphatic heterocycles. The highest BCUT2D eigenvalue weighted by Gasteiger charge is 1.98. The standard InChI is InChI=1S/C13H11Cl2N.C4H8O2/c14-11-3-1-2-10(8-11)4-6-13-7-5-12(15)9-16-13;1-3-4(5)6-2/h1-3,5,7-9H,4,6H2;3H2,1-2H3. The first kappa shape index (κ1) is 18.5. The maximum Gasteiger partial charge on any atom is 0.305 e. The summed E-state index contributed by atoms with van der Waals surface area (Å²) in [6, 6.07) is 11.7. The number of pyridine rings is 1. The Morgan fingerprint density at radius 2 is 1.91 bits per heavy atom. The lowest BCUT2D eigenvalue weighted by Crippen LogP contribution is -1.94. The van der Waals surface area contributed by atoms with E-state index in [4.69, 9.17) is 23.2 Å². The Balaban J connectivity index is 0.000000346. The minimum atomic E-state index is -0.157. The minimum Gasteiger partial charge on any atom is -0.469 e. The van der Waals surface area contributed by atoms with Gasteiger partial charge in [-0.25, -0.2) is 0 Å². The first-order valence-corrected chi connectivity index (χ1v) is 7.72. The van der Waals surface area contributed by atoms with Crippen molar-refractivity contribution < 1.29 is 9.53 Å². The van der Waals surface area contributed by atoms with Crippen LogP contribution in [0.15, 0.2) is 42.6 Å². The third-order valence-corrected chi connectivity index (χ3v) is 3.32. The number of methoxy groups -OCH3 is 1. The molecule has 0 N–H and O–H groups in total. The predicted molar refractivity (Wildman–Crippen MR) is 90.4 cm³/mol. The smallest absolute Gasteiger partial charge is 0.305 e. The van der Waals surface area contributed by atoms with Crippen LogP contribution < -0.4 is 0 Å². The van der Waals surface area contributed by atoms with E-state index < -0.39 is 0 Å². The van der Waals surface area contributed by atoms with Crippen molar-refractivity contribution in [3.63, 3.8) is 0 Å². The number of benzene rings is 1. The number of aromatic nitrogens is 1. The topological polar surface area (TPSA) is 39.2 Å². The molecular weight excluding hydrogens is 321 g/mol. The van der Waals surface area contributed by atoms with Gasteiger partial charge in [-0.3, -0.25) is 9.78 Å². The van der Waals surface area contributed by atoms with Crippen LogP contribution in [-0.2, 0) is 22.4 Å². The summed E-state index contributed by atoms with van der Waals surface area (Å²) in [5, 5.41) is 1.45.